The molecule has 2 unspecified atom stereocenters. The maximum absolute atomic E-state index is 13.6. The van der Waals surface area contributed by atoms with Crippen LogP contribution in [-0.4, -0.2) is 114 Å². The zero-order chi connectivity index (χ0) is 44.9. The van der Waals surface area contributed by atoms with Gasteiger partial charge in [0.15, 0.2) is 0 Å². The fourth-order valence-electron chi connectivity index (χ4n) is 8.65. The van der Waals surface area contributed by atoms with Crippen molar-refractivity contribution in [1.82, 2.24) is 19.6 Å². The summed E-state index contributed by atoms with van der Waals surface area (Å²) >= 11 is 0. The molecule has 0 aromatic heterocycles. The van der Waals surface area contributed by atoms with Gasteiger partial charge in [0.1, 0.15) is 11.2 Å². The van der Waals surface area contributed by atoms with Gasteiger partial charge in [-0.05, 0) is 196 Å². The Bertz CT molecular complexity index is 841. The van der Waals surface area contributed by atoms with Crippen molar-refractivity contribution in [2.45, 2.75) is 273 Å². The summed E-state index contributed by atoms with van der Waals surface area (Å²) in [5.41, 5.74) is -1.16. The van der Waals surface area contributed by atoms with E-state index >= 15 is 0 Å². The molecule has 7 heteroatoms. The molecular formula is C53H110N4O3. The minimum atomic E-state index is -0.578. The topological polar surface area (TPSA) is 48.5 Å². The standard InChI is InChI=1S/C53H110N4O3/c1-13-21-39-54(40-22-14-2)43-31-29-33-49(56(45-25-17-5)46-26-18-6)35-37-52(9,10)59-51(58)60-53(11,12)38-36-50(57(47-27-19-7)48-28-20-8)34-30-32-44-55(41-23-15-3)42-24-16-4/h49-50H,13-48H2,1-12H3. The molecule has 360 valence electrons. The summed E-state index contributed by atoms with van der Waals surface area (Å²) < 4.78 is 12.4. The fourth-order valence-corrected chi connectivity index (χ4v) is 8.65. The molecule has 0 aliphatic rings. The van der Waals surface area contributed by atoms with E-state index in [9.17, 15) is 4.79 Å². The van der Waals surface area contributed by atoms with Crippen LogP contribution in [0.1, 0.15) is 250 Å². The van der Waals surface area contributed by atoms with E-state index in [0.717, 1.165) is 25.7 Å². The zero-order valence-electron chi connectivity index (χ0n) is 43.1. The third kappa shape index (κ3) is 31.9. The van der Waals surface area contributed by atoms with Crippen LogP contribution in [-0.2, 0) is 9.47 Å². The van der Waals surface area contributed by atoms with Gasteiger partial charge >= 0.3 is 6.16 Å². The Morgan fingerprint density at radius 3 is 0.883 bits per heavy atom. The minimum Gasteiger partial charge on any atom is -0.428 e. The summed E-state index contributed by atoms with van der Waals surface area (Å²) in [7, 11) is 0. The van der Waals surface area contributed by atoms with Crippen molar-refractivity contribution in [2.75, 3.05) is 65.4 Å². The second kappa shape index (κ2) is 38.6. The van der Waals surface area contributed by atoms with E-state index in [-0.39, 0.29) is 0 Å². The number of ether oxygens (including phenoxy) is 2. The largest absolute Gasteiger partial charge is 0.509 e. The van der Waals surface area contributed by atoms with Crippen LogP contribution in [0.5, 0.6) is 0 Å². The van der Waals surface area contributed by atoms with Crippen LogP contribution in [0.15, 0.2) is 0 Å². The van der Waals surface area contributed by atoms with Crippen molar-refractivity contribution in [3.05, 3.63) is 0 Å². The van der Waals surface area contributed by atoms with E-state index in [2.05, 4.69) is 103 Å². The lowest BCUT2D eigenvalue weighted by atomic mass is 9.94. The van der Waals surface area contributed by atoms with Gasteiger partial charge < -0.3 is 29.1 Å². The lowest BCUT2D eigenvalue weighted by Gasteiger charge is -2.36. The Morgan fingerprint density at radius 1 is 0.367 bits per heavy atom. The minimum absolute atomic E-state index is 0.501. The van der Waals surface area contributed by atoms with E-state index in [0.29, 0.717) is 12.1 Å². The van der Waals surface area contributed by atoms with Crippen molar-refractivity contribution in [1.29, 1.82) is 0 Å². The number of rotatable bonds is 44. The highest BCUT2D eigenvalue weighted by Gasteiger charge is 2.32. The third-order valence-corrected chi connectivity index (χ3v) is 12.9. The van der Waals surface area contributed by atoms with Crippen molar-refractivity contribution < 1.29 is 14.3 Å². The molecule has 60 heavy (non-hydrogen) atoms. The summed E-state index contributed by atoms with van der Waals surface area (Å²) in [6, 6.07) is 1.04. The van der Waals surface area contributed by atoms with Gasteiger partial charge in [0.2, 0.25) is 0 Å². The van der Waals surface area contributed by atoms with E-state index in [4.69, 9.17) is 9.47 Å². The van der Waals surface area contributed by atoms with Crippen molar-refractivity contribution >= 4 is 6.16 Å². The van der Waals surface area contributed by atoms with Crippen LogP contribution in [0.25, 0.3) is 0 Å². The summed E-state index contributed by atoms with van der Waals surface area (Å²) in [6.45, 7) is 39.0. The lowest BCUT2D eigenvalue weighted by molar-refractivity contribution is -0.0677. The normalized spacial score (nSPS) is 13.6. The van der Waals surface area contributed by atoms with E-state index in [1.807, 2.05) is 0 Å². The Morgan fingerprint density at radius 2 is 0.617 bits per heavy atom. The van der Waals surface area contributed by atoms with Gasteiger partial charge in [-0.25, -0.2) is 4.79 Å². The molecule has 2 atom stereocenters. The van der Waals surface area contributed by atoms with Gasteiger partial charge in [0.25, 0.3) is 0 Å². The molecule has 0 aromatic rings. The van der Waals surface area contributed by atoms with Crippen LogP contribution in [0, 0.1) is 0 Å². The first kappa shape index (κ1) is 59.1. The third-order valence-electron chi connectivity index (χ3n) is 12.9. The fraction of sp³-hybridized carbons (Fsp3) is 0.981. The molecular weight excluding hydrogens is 741 g/mol. The van der Waals surface area contributed by atoms with Gasteiger partial charge in [0.05, 0.1) is 0 Å². The zero-order valence-corrected chi connectivity index (χ0v) is 43.1. The molecule has 0 radical (unpaired) electrons. The maximum Gasteiger partial charge on any atom is 0.509 e. The molecule has 0 aliphatic carbocycles. The molecule has 0 saturated heterocycles. The highest BCUT2D eigenvalue weighted by atomic mass is 16.7. The van der Waals surface area contributed by atoms with Crippen molar-refractivity contribution in [2.24, 2.45) is 0 Å². The van der Waals surface area contributed by atoms with Crippen molar-refractivity contribution in [3.8, 4) is 0 Å². The van der Waals surface area contributed by atoms with Gasteiger partial charge in [-0.3, -0.25) is 0 Å². The number of hydrogen-bond donors (Lipinski definition) is 0. The molecule has 0 fully saturated rings. The monoisotopic (exact) mass is 851 g/mol. The van der Waals surface area contributed by atoms with Crippen LogP contribution in [0.2, 0.25) is 0 Å². The predicted molar refractivity (Wildman–Crippen MR) is 265 cm³/mol. The molecule has 0 rings (SSSR count). The number of nitrogens with zero attached hydrogens (tertiary/aromatic N) is 4. The van der Waals surface area contributed by atoms with Gasteiger partial charge in [-0.1, -0.05) is 120 Å². The summed E-state index contributed by atoms with van der Waals surface area (Å²) in [5.74, 6) is 0. The highest BCUT2D eigenvalue weighted by molar-refractivity contribution is 5.61. The molecule has 7 nitrogen and oxygen atoms in total. The maximum atomic E-state index is 13.6. The Kier molecular flexibility index (Phi) is 38.0. The molecule has 0 aromatic carbocycles. The van der Waals surface area contributed by atoms with Crippen LogP contribution in [0.3, 0.4) is 0 Å². The molecule has 0 N–H and O–H groups in total. The quantitative estimate of drug-likeness (QED) is 0.0447. The number of carbonyl (C=O) groups excluding carboxylic acids is 1. The van der Waals surface area contributed by atoms with E-state index in [1.54, 1.807) is 0 Å². The lowest BCUT2D eigenvalue weighted by Crippen LogP contribution is -2.41. The number of carbonyl (C=O) groups is 1. The van der Waals surface area contributed by atoms with Crippen molar-refractivity contribution in [3.63, 3.8) is 0 Å². The van der Waals surface area contributed by atoms with Crippen LogP contribution >= 0.6 is 0 Å². The first-order chi connectivity index (χ1) is 28.8. The van der Waals surface area contributed by atoms with Crippen LogP contribution < -0.4 is 0 Å². The predicted octanol–water partition coefficient (Wildman–Crippen LogP) is 14.9. The average molecular weight is 851 g/mol. The number of hydrogen-bond acceptors (Lipinski definition) is 7. The smallest absolute Gasteiger partial charge is 0.428 e. The first-order valence-electron chi connectivity index (χ1n) is 26.7. The summed E-state index contributed by atoms with van der Waals surface area (Å²) in [6.07, 6.45) is 31.0. The van der Waals surface area contributed by atoms with Gasteiger partial charge in [0, 0.05) is 12.1 Å². The molecule has 0 saturated carbocycles. The highest BCUT2D eigenvalue weighted by Crippen LogP contribution is 2.28. The molecule has 0 spiro atoms. The first-order valence-corrected chi connectivity index (χ1v) is 26.7. The Balaban J connectivity index is 5.63. The van der Waals surface area contributed by atoms with Gasteiger partial charge in [-0.15, -0.1) is 0 Å². The van der Waals surface area contributed by atoms with E-state index < -0.39 is 17.4 Å². The summed E-state index contributed by atoms with van der Waals surface area (Å²) in [4.78, 5) is 24.6. The number of unbranched alkanes of at least 4 members (excludes halogenated alkanes) is 10. The second-order valence-electron chi connectivity index (χ2n) is 19.9. The average Bonchev–Trinajstić information content (AvgIpc) is 3.21. The van der Waals surface area contributed by atoms with Crippen LogP contribution in [0.4, 0.5) is 4.79 Å². The molecule has 0 bridgehead atoms. The molecule has 0 aliphatic heterocycles. The molecule has 0 heterocycles. The molecule has 0 amide bonds. The van der Waals surface area contributed by atoms with E-state index in [1.165, 1.54) is 207 Å². The Labute approximate surface area is 377 Å². The summed E-state index contributed by atoms with van der Waals surface area (Å²) in [5, 5.41) is 0. The van der Waals surface area contributed by atoms with Gasteiger partial charge in [-0.2, -0.15) is 0 Å². The Hall–Kier alpha value is -0.890. The second-order valence-corrected chi connectivity index (χ2v) is 19.9. The SMILES string of the molecule is CCCCN(CCCC)CCCCC(CCC(C)(C)OC(=O)OC(C)(C)CCC(CCCCN(CCCC)CCCC)N(CCCC)CCCC)N(CCCC)CCCC.